The van der Waals surface area contributed by atoms with Gasteiger partial charge in [-0.3, -0.25) is 4.98 Å². The van der Waals surface area contributed by atoms with Gasteiger partial charge in [-0.2, -0.15) is 0 Å². The van der Waals surface area contributed by atoms with Gasteiger partial charge in [0.05, 0.1) is 10.6 Å². The van der Waals surface area contributed by atoms with Gasteiger partial charge in [0.1, 0.15) is 0 Å². The number of hydrogen-bond donors (Lipinski definition) is 2. The summed E-state index contributed by atoms with van der Waals surface area (Å²) in [5.41, 5.74) is 3.58. The minimum absolute atomic E-state index is 0.0371. The van der Waals surface area contributed by atoms with Gasteiger partial charge in [0.2, 0.25) is 0 Å². The number of benzene rings is 1. The van der Waals surface area contributed by atoms with Gasteiger partial charge in [0, 0.05) is 30.4 Å². The molecule has 1 aromatic carbocycles. The van der Waals surface area contributed by atoms with Crippen molar-refractivity contribution < 1.29 is 13.2 Å². The molecule has 132 valence electrons. The molecule has 2 amide bonds. The molecule has 0 fully saturated rings. The van der Waals surface area contributed by atoms with E-state index < -0.39 is 9.84 Å². The van der Waals surface area contributed by atoms with Gasteiger partial charge in [-0.15, -0.1) is 0 Å². The fourth-order valence-electron chi connectivity index (χ4n) is 3.20. The molecule has 2 aromatic rings. The van der Waals surface area contributed by atoms with E-state index in [0.29, 0.717) is 11.4 Å². The largest absolute Gasteiger partial charge is 0.338 e. The number of aryl methyl sites for hydroxylation is 2. The highest BCUT2D eigenvalue weighted by Gasteiger charge is 2.34. The van der Waals surface area contributed by atoms with Crippen molar-refractivity contribution in [2.75, 3.05) is 12.3 Å². The maximum atomic E-state index is 12.1. The van der Waals surface area contributed by atoms with Crippen LogP contribution in [0.4, 0.5) is 4.79 Å². The highest BCUT2D eigenvalue weighted by molar-refractivity contribution is 7.91. The van der Waals surface area contributed by atoms with Gasteiger partial charge in [-0.05, 0) is 43.2 Å². The number of fused-ring (bicyclic) bond motifs is 1. The highest BCUT2D eigenvalue weighted by Crippen LogP contribution is 2.34. The monoisotopic (exact) mass is 359 g/mol. The summed E-state index contributed by atoms with van der Waals surface area (Å²) in [4.78, 5) is 16.7. The fraction of sp³-hybridized carbons (Fsp3) is 0.333. The molecule has 1 aliphatic heterocycles. The number of amides is 2. The number of carbonyl (C=O) groups excluding carboxylic acids is 1. The third-order valence-corrected chi connectivity index (χ3v) is 6.10. The normalized spacial score (nSPS) is 17.8. The average Bonchev–Trinajstić information content (AvgIpc) is 2.81. The Morgan fingerprint density at radius 3 is 2.56 bits per heavy atom. The van der Waals surface area contributed by atoms with Gasteiger partial charge >= 0.3 is 6.03 Å². The molecule has 0 radical (unpaired) electrons. The lowest BCUT2D eigenvalue weighted by molar-refractivity contribution is 0.240. The van der Waals surface area contributed by atoms with Crippen molar-refractivity contribution in [3.8, 4) is 0 Å². The predicted molar refractivity (Wildman–Crippen MR) is 95.2 cm³/mol. The molecule has 3 rings (SSSR count). The molecule has 0 bridgehead atoms. The second kappa shape index (κ2) is 6.84. The SMILES string of the molecule is Cc1cc(CNC(=O)NCC2CS(=O)(=O)c3ccccc32)cc(C)n1. The number of nitrogens with one attached hydrogen (secondary N) is 2. The summed E-state index contributed by atoms with van der Waals surface area (Å²) in [5, 5.41) is 5.57. The van der Waals surface area contributed by atoms with E-state index in [2.05, 4.69) is 15.6 Å². The van der Waals surface area contributed by atoms with Crippen LogP contribution in [-0.2, 0) is 16.4 Å². The Bertz CT molecular complexity index is 889. The highest BCUT2D eigenvalue weighted by atomic mass is 32.2. The van der Waals surface area contributed by atoms with E-state index in [0.717, 1.165) is 22.5 Å². The van der Waals surface area contributed by atoms with Gasteiger partial charge in [-0.25, -0.2) is 13.2 Å². The number of urea groups is 1. The van der Waals surface area contributed by atoms with E-state index in [1.807, 2.05) is 38.1 Å². The number of hydrogen-bond acceptors (Lipinski definition) is 4. The number of carbonyl (C=O) groups is 1. The summed E-state index contributed by atoms with van der Waals surface area (Å²) in [7, 11) is -3.25. The Balaban J connectivity index is 1.57. The van der Waals surface area contributed by atoms with Crippen LogP contribution in [0, 0.1) is 13.8 Å². The first-order valence-corrected chi connectivity index (χ1v) is 9.78. The third-order valence-electron chi connectivity index (χ3n) is 4.22. The Morgan fingerprint density at radius 2 is 1.84 bits per heavy atom. The number of rotatable bonds is 4. The molecule has 0 saturated heterocycles. The van der Waals surface area contributed by atoms with Crippen LogP contribution in [-0.4, -0.2) is 31.7 Å². The molecule has 1 unspecified atom stereocenters. The summed E-state index contributed by atoms with van der Waals surface area (Å²) < 4.78 is 24.3. The number of nitrogens with zero attached hydrogens (tertiary/aromatic N) is 1. The van der Waals surface area contributed by atoms with Gasteiger partial charge in [0.15, 0.2) is 9.84 Å². The smallest absolute Gasteiger partial charge is 0.315 e. The molecule has 25 heavy (non-hydrogen) atoms. The summed E-state index contributed by atoms with van der Waals surface area (Å²) in [6.45, 7) is 4.51. The zero-order valence-electron chi connectivity index (χ0n) is 14.2. The molecular formula is C18H21N3O3S. The van der Waals surface area contributed by atoms with Gasteiger partial charge < -0.3 is 10.6 Å². The van der Waals surface area contributed by atoms with E-state index in [4.69, 9.17) is 0 Å². The summed E-state index contributed by atoms with van der Waals surface area (Å²) >= 11 is 0. The lowest BCUT2D eigenvalue weighted by Crippen LogP contribution is -2.37. The standard InChI is InChI=1S/C18H21N3O3S/c1-12-7-14(8-13(2)21-12)9-19-18(22)20-10-15-11-25(23,24)17-6-4-3-5-16(15)17/h3-8,15H,9-11H2,1-2H3,(H2,19,20,22). The molecule has 0 aliphatic carbocycles. The maximum Gasteiger partial charge on any atom is 0.315 e. The molecule has 1 aromatic heterocycles. The van der Waals surface area contributed by atoms with E-state index in [9.17, 15) is 13.2 Å². The fourth-order valence-corrected chi connectivity index (χ4v) is 5.08. The third kappa shape index (κ3) is 3.99. The molecule has 2 N–H and O–H groups in total. The predicted octanol–water partition coefficient (Wildman–Crippen LogP) is 2.07. The summed E-state index contributed by atoms with van der Waals surface area (Å²) in [6, 6.07) is 10.5. The van der Waals surface area contributed by atoms with E-state index in [-0.39, 0.29) is 24.2 Å². The molecule has 6 nitrogen and oxygen atoms in total. The molecule has 0 saturated carbocycles. The van der Waals surface area contributed by atoms with E-state index >= 15 is 0 Å². The van der Waals surface area contributed by atoms with Gasteiger partial charge in [0.25, 0.3) is 0 Å². The van der Waals surface area contributed by atoms with Crippen LogP contribution >= 0.6 is 0 Å². The molecule has 1 atom stereocenters. The summed E-state index contributed by atoms with van der Waals surface area (Å²) in [6.07, 6.45) is 0. The van der Waals surface area contributed by atoms with Crippen LogP contribution in [0.1, 0.15) is 28.4 Å². The topological polar surface area (TPSA) is 88.2 Å². The van der Waals surface area contributed by atoms with Crippen molar-refractivity contribution in [1.29, 1.82) is 0 Å². The Labute approximate surface area is 147 Å². The van der Waals surface area contributed by atoms with Crippen LogP contribution < -0.4 is 10.6 Å². The van der Waals surface area contributed by atoms with Crippen LogP contribution in [0.5, 0.6) is 0 Å². The minimum Gasteiger partial charge on any atom is -0.338 e. The first kappa shape index (κ1) is 17.4. The second-order valence-corrected chi connectivity index (χ2v) is 8.34. The van der Waals surface area contributed by atoms with Crippen LogP contribution in [0.3, 0.4) is 0 Å². The molecule has 1 aliphatic rings. The first-order valence-electron chi connectivity index (χ1n) is 8.13. The maximum absolute atomic E-state index is 12.1. The Hall–Kier alpha value is -2.41. The number of aromatic nitrogens is 1. The number of pyridine rings is 1. The van der Waals surface area contributed by atoms with Crippen molar-refractivity contribution in [3.05, 3.63) is 58.9 Å². The molecule has 7 heteroatoms. The van der Waals surface area contributed by atoms with Crippen molar-refractivity contribution >= 4 is 15.9 Å². The van der Waals surface area contributed by atoms with Crippen LogP contribution in [0.15, 0.2) is 41.3 Å². The second-order valence-electron chi connectivity index (χ2n) is 6.34. The molecule has 2 heterocycles. The van der Waals surface area contributed by atoms with Gasteiger partial charge in [-0.1, -0.05) is 18.2 Å². The van der Waals surface area contributed by atoms with Crippen molar-refractivity contribution in [2.24, 2.45) is 0 Å². The molecule has 0 spiro atoms. The number of sulfone groups is 1. The van der Waals surface area contributed by atoms with E-state index in [1.165, 1.54) is 0 Å². The van der Waals surface area contributed by atoms with Crippen LogP contribution in [0.25, 0.3) is 0 Å². The summed E-state index contributed by atoms with van der Waals surface area (Å²) in [5.74, 6) is -0.174. The quantitative estimate of drug-likeness (QED) is 0.875. The van der Waals surface area contributed by atoms with E-state index in [1.54, 1.807) is 12.1 Å². The lowest BCUT2D eigenvalue weighted by Gasteiger charge is -2.13. The molecular weight excluding hydrogens is 338 g/mol. The minimum atomic E-state index is -3.25. The van der Waals surface area contributed by atoms with Crippen molar-refractivity contribution in [2.45, 2.75) is 31.2 Å². The van der Waals surface area contributed by atoms with Crippen molar-refractivity contribution in [1.82, 2.24) is 15.6 Å². The van der Waals surface area contributed by atoms with Crippen LogP contribution in [0.2, 0.25) is 0 Å². The van der Waals surface area contributed by atoms with Crippen molar-refractivity contribution in [3.63, 3.8) is 0 Å². The Morgan fingerprint density at radius 1 is 1.16 bits per heavy atom. The Kier molecular flexibility index (Phi) is 4.76. The first-order chi connectivity index (χ1) is 11.8. The zero-order chi connectivity index (χ0) is 18.0. The average molecular weight is 359 g/mol. The lowest BCUT2D eigenvalue weighted by atomic mass is 10.0. The zero-order valence-corrected chi connectivity index (χ0v) is 15.1.